The molecule has 0 aliphatic carbocycles. The third-order valence-corrected chi connectivity index (χ3v) is 6.26. The highest BCUT2D eigenvalue weighted by atomic mass is 16.5. The molecule has 2 heterocycles. The van der Waals surface area contributed by atoms with Crippen LogP contribution in [0.2, 0.25) is 0 Å². The number of ether oxygens (including phenoxy) is 1. The first kappa shape index (κ1) is 22.8. The summed E-state index contributed by atoms with van der Waals surface area (Å²) in [5.74, 6) is 1.49. The van der Waals surface area contributed by atoms with Crippen molar-refractivity contribution in [1.29, 1.82) is 0 Å². The first-order valence-electron chi connectivity index (χ1n) is 11.7. The van der Waals surface area contributed by atoms with Crippen molar-refractivity contribution in [3.63, 3.8) is 0 Å². The highest BCUT2D eigenvalue weighted by Crippen LogP contribution is 2.24. The SMILES string of the molecule is Cc1cccc(OC(C)C(=O)Nc2ccc(-c3ccc(N4CCCCCC4)nn3)cc2)c1C. The van der Waals surface area contributed by atoms with Gasteiger partial charge in [-0.05, 0) is 75.1 Å². The van der Waals surface area contributed by atoms with E-state index in [1.165, 1.54) is 25.7 Å². The quantitative estimate of drug-likeness (QED) is 0.540. The number of hydrogen-bond donors (Lipinski definition) is 1. The summed E-state index contributed by atoms with van der Waals surface area (Å²) in [5.41, 5.74) is 4.68. The molecule has 1 unspecified atom stereocenters. The predicted molar refractivity (Wildman–Crippen MR) is 133 cm³/mol. The maximum Gasteiger partial charge on any atom is 0.265 e. The Morgan fingerprint density at radius 1 is 0.939 bits per heavy atom. The first-order chi connectivity index (χ1) is 16.0. The van der Waals surface area contributed by atoms with Gasteiger partial charge in [0, 0.05) is 24.3 Å². The van der Waals surface area contributed by atoms with Crippen molar-refractivity contribution >= 4 is 17.4 Å². The molecule has 1 fully saturated rings. The third kappa shape index (κ3) is 5.69. The van der Waals surface area contributed by atoms with Gasteiger partial charge in [-0.2, -0.15) is 0 Å². The van der Waals surface area contributed by atoms with Crippen molar-refractivity contribution in [3.05, 3.63) is 65.7 Å². The van der Waals surface area contributed by atoms with Crippen molar-refractivity contribution in [2.24, 2.45) is 0 Å². The van der Waals surface area contributed by atoms with E-state index in [2.05, 4.69) is 26.5 Å². The molecular weight excluding hydrogens is 412 g/mol. The van der Waals surface area contributed by atoms with Crippen LogP contribution in [0.1, 0.15) is 43.7 Å². The molecule has 1 atom stereocenters. The summed E-state index contributed by atoms with van der Waals surface area (Å²) < 4.78 is 5.89. The van der Waals surface area contributed by atoms with Crippen molar-refractivity contribution in [2.75, 3.05) is 23.3 Å². The fraction of sp³-hybridized carbons (Fsp3) is 0.370. The number of carbonyl (C=O) groups excluding carboxylic acids is 1. The standard InChI is InChI=1S/C27H32N4O2/c1-19-9-8-10-25(20(19)2)33-21(3)27(32)28-23-13-11-22(12-14-23)24-15-16-26(30-29-24)31-17-6-4-5-7-18-31/h8-16,21H,4-7,17-18H2,1-3H3,(H,28,32). The molecule has 4 rings (SSSR count). The second-order valence-corrected chi connectivity index (χ2v) is 8.70. The minimum atomic E-state index is -0.609. The van der Waals surface area contributed by atoms with E-state index in [0.29, 0.717) is 5.69 Å². The summed E-state index contributed by atoms with van der Waals surface area (Å²) in [6.45, 7) is 7.88. The van der Waals surface area contributed by atoms with Crippen molar-refractivity contribution < 1.29 is 9.53 Å². The maximum atomic E-state index is 12.6. The normalized spacial score (nSPS) is 14.9. The van der Waals surface area contributed by atoms with Crippen LogP contribution >= 0.6 is 0 Å². The topological polar surface area (TPSA) is 67.3 Å². The smallest absolute Gasteiger partial charge is 0.265 e. The van der Waals surface area contributed by atoms with Crippen molar-refractivity contribution in [3.8, 4) is 17.0 Å². The Bertz CT molecular complexity index is 1070. The van der Waals surface area contributed by atoms with Gasteiger partial charge in [0.25, 0.3) is 5.91 Å². The molecule has 1 saturated heterocycles. The Balaban J connectivity index is 1.36. The second-order valence-electron chi connectivity index (χ2n) is 8.70. The lowest BCUT2D eigenvalue weighted by atomic mass is 10.1. The van der Waals surface area contributed by atoms with Crippen LogP contribution in [0.15, 0.2) is 54.6 Å². The molecule has 0 spiro atoms. The minimum absolute atomic E-state index is 0.190. The van der Waals surface area contributed by atoms with Gasteiger partial charge in [0.05, 0.1) is 5.69 Å². The Morgan fingerprint density at radius 3 is 2.33 bits per heavy atom. The average Bonchev–Trinajstić information content (AvgIpc) is 3.12. The number of benzene rings is 2. The van der Waals surface area contributed by atoms with Crippen LogP contribution in [-0.4, -0.2) is 35.3 Å². The van der Waals surface area contributed by atoms with Gasteiger partial charge in [-0.15, -0.1) is 10.2 Å². The molecule has 33 heavy (non-hydrogen) atoms. The van der Waals surface area contributed by atoms with Gasteiger partial charge in [-0.25, -0.2) is 0 Å². The molecule has 6 nitrogen and oxygen atoms in total. The van der Waals surface area contributed by atoms with Crippen molar-refractivity contribution in [1.82, 2.24) is 10.2 Å². The molecule has 172 valence electrons. The molecule has 1 amide bonds. The average molecular weight is 445 g/mol. The number of carbonyl (C=O) groups is 1. The van der Waals surface area contributed by atoms with Crippen LogP contribution in [0, 0.1) is 13.8 Å². The monoisotopic (exact) mass is 444 g/mol. The molecule has 2 aromatic carbocycles. The van der Waals surface area contributed by atoms with Crippen LogP contribution in [-0.2, 0) is 4.79 Å². The number of anilines is 2. The van der Waals surface area contributed by atoms with Gasteiger partial charge in [0.2, 0.25) is 0 Å². The number of rotatable bonds is 6. The molecule has 0 bridgehead atoms. The van der Waals surface area contributed by atoms with E-state index in [1.807, 2.05) is 62.4 Å². The molecule has 1 aliphatic rings. The molecule has 6 heteroatoms. The summed E-state index contributed by atoms with van der Waals surface area (Å²) in [4.78, 5) is 14.9. The zero-order chi connectivity index (χ0) is 23.2. The van der Waals surface area contributed by atoms with Crippen molar-refractivity contribution in [2.45, 2.75) is 52.6 Å². The summed E-state index contributed by atoms with van der Waals surface area (Å²) >= 11 is 0. The number of hydrogen-bond acceptors (Lipinski definition) is 5. The van der Waals surface area contributed by atoms with E-state index >= 15 is 0 Å². The number of aryl methyl sites for hydroxylation is 1. The molecule has 0 radical (unpaired) electrons. The van der Waals surface area contributed by atoms with Gasteiger partial charge in [0.15, 0.2) is 11.9 Å². The fourth-order valence-corrected chi connectivity index (χ4v) is 4.01. The molecule has 1 aromatic heterocycles. The minimum Gasteiger partial charge on any atom is -0.481 e. The highest BCUT2D eigenvalue weighted by molar-refractivity contribution is 5.94. The van der Waals surface area contributed by atoms with Crippen LogP contribution in [0.5, 0.6) is 5.75 Å². The Labute approximate surface area is 196 Å². The molecule has 1 aliphatic heterocycles. The van der Waals surface area contributed by atoms with Gasteiger partial charge in [-0.1, -0.05) is 37.1 Å². The van der Waals surface area contributed by atoms with Gasteiger partial charge < -0.3 is 15.0 Å². The van der Waals surface area contributed by atoms with Crippen LogP contribution in [0.4, 0.5) is 11.5 Å². The predicted octanol–water partition coefficient (Wildman–Crippen LogP) is 5.55. The van der Waals surface area contributed by atoms with E-state index in [0.717, 1.165) is 47.0 Å². The van der Waals surface area contributed by atoms with E-state index in [4.69, 9.17) is 4.74 Å². The largest absolute Gasteiger partial charge is 0.481 e. The number of amides is 1. The van der Waals surface area contributed by atoms with Gasteiger partial charge in [-0.3, -0.25) is 4.79 Å². The molecule has 0 saturated carbocycles. The third-order valence-electron chi connectivity index (χ3n) is 6.26. The van der Waals surface area contributed by atoms with Crippen LogP contribution in [0.25, 0.3) is 11.3 Å². The Kier molecular flexibility index (Phi) is 7.23. The molecule has 3 aromatic rings. The van der Waals surface area contributed by atoms with Crippen LogP contribution < -0.4 is 15.0 Å². The van der Waals surface area contributed by atoms with E-state index < -0.39 is 6.10 Å². The van der Waals surface area contributed by atoms with Gasteiger partial charge >= 0.3 is 0 Å². The van der Waals surface area contributed by atoms with E-state index in [1.54, 1.807) is 6.92 Å². The number of nitrogens with one attached hydrogen (secondary N) is 1. The summed E-state index contributed by atoms with van der Waals surface area (Å²) in [7, 11) is 0. The second kappa shape index (κ2) is 10.5. The van der Waals surface area contributed by atoms with E-state index in [9.17, 15) is 4.79 Å². The lowest BCUT2D eigenvalue weighted by Gasteiger charge is -2.20. The lowest BCUT2D eigenvalue weighted by Crippen LogP contribution is -2.30. The molecule has 1 N–H and O–H groups in total. The highest BCUT2D eigenvalue weighted by Gasteiger charge is 2.17. The summed E-state index contributed by atoms with van der Waals surface area (Å²) in [6, 6.07) is 17.6. The molecular formula is C27H32N4O2. The Morgan fingerprint density at radius 2 is 1.67 bits per heavy atom. The zero-order valence-electron chi connectivity index (χ0n) is 19.7. The lowest BCUT2D eigenvalue weighted by molar-refractivity contribution is -0.122. The summed E-state index contributed by atoms with van der Waals surface area (Å²) in [5, 5.41) is 11.8. The van der Waals surface area contributed by atoms with Gasteiger partial charge in [0.1, 0.15) is 5.75 Å². The summed E-state index contributed by atoms with van der Waals surface area (Å²) in [6.07, 6.45) is 4.40. The number of aromatic nitrogens is 2. The number of nitrogens with zero attached hydrogens (tertiary/aromatic N) is 3. The first-order valence-corrected chi connectivity index (χ1v) is 11.7. The van der Waals surface area contributed by atoms with E-state index in [-0.39, 0.29) is 5.91 Å². The maximum absolute atomic E-state index is 12.6. The van der Waals surface area contributed by atoms with Crippen LogP contribution in [0.3, 0.4) is 0 Å². The Hall–Kier alpha value is -3.41. The zero-order valence-corrected chi connectivity index (χ0v) is 19.7. The fourth-order valence-electron chi connectivity index (χ4n) is 4.01.